The van der Waals surface area contributed by atoms with E-state index in [1.165, 1.54) is 23.4 Å². The number of alkyl halides is 2. The summed E-state index contributed by atoms with van der Waals surface area (Å²) in [6.07, 6.45) is 3.23. The van der Waals surface area contributed by atoms with E-state index in [1.807, 2.05) is 30.3 Å². The zero-order valence-corrected chi connectivity index (χ0v) is 13.4. The predicted molar refractivity (Wildman–Crippen MR) is 86.3 cm³/mol. The average molecular weight is 309 g/mol. The number of hydrogen-bond donors (Lipinski definition) is 2. The minimum Gasteiger partial charge on any atom is -0.365 e. The Labute approximate surface area is 127 Å². The van der Waals surface area contributed by atoms with Gasteiger partial charge in [-0.05, 0) is 18.2 Å². The zero-order chi connectivity index (χ0) is 16.4. The first kappa shape index (κ1) is 14.5. The van der Waals surface area contributed by atoms with Crippen molar-refractivity contribution in [3.05, 3.63) is 54.3 Å². The Bertz CT molecular complexity index is 573. The molecule has 3 N–H and O–H groups in total. The Balaban J connectivity index is 2.10. The fourth-order valence-electron chi connectivity index (χ4n) is 2.35. The van der Waals surface area contributed by atoms with Crippen molar-refractivity contribution in [2.24, 2.45) is 5.73 Å². The van der Waals surface area contributed by atoms with Crippen LogP contribution in [-0.2, 0) is 0 Å². The minimum atomic E-state index is -3.04. The van der Waals surface area contributed by atoms with Crippen LogP contribution in [0.3, 0.4) is 0 Å². The maximum Gasteiger partial charge on any atom is 0.287 e. The van der Waals surface area contributed by atoms with Crippen molar-refractivity contribution in [1.29, 1.82) is 0 Å². The van der Waals surface area contributed by atoms with Crippen molar-refractivity contribution in [3.63, 3.8) is 0 Å². The monoisotopic (exact) mass is 309 g/mol. The summed E-state index contributed by atoms with van der Waals surface area (Å²) in [6, 6.07) is 10.3. The van der Waals surface area contributed by atoms with Gasteiger partial charge in [0.15, 0.2) is 1.41 Å². The molecular formula is C16H22F2N2Si. The molecule has 1 heterocycles. The lowest BCUT2D eigenvalue weighted by molar-refractivity contribution is 0.0287. The molecule has 114 valence electrons. The van der Waals surface area contributed by atoms with Crippen LogP contribution < -0.4 is 16.2 Å². The Morgan fingerprint density at radius 3 is 2.67 bits per heavy atom. The fraction of sp³-hybridized carbons (Fsp3) is 0.375. The SMILES string of the molecule is [2H]N1C(C(F)(F)CC[Si](C)(C)c2ccccc2)=CC=CC1N. The molecular weight excluding hydrogens is 286 g/mol. The zero-order valence-electron chi connectivity index (χ0n) is 13.4. The van der Waals surface area contributed by atoms with E-state index in [4.69, 9.17) is 7.15 Å². The van der Waals surface area contributed by atoms with Gasteiger partial charge in [-0.1, -0.05) is 54.7 Å². The normalized spacial score (nSPS) is 20.2. The number of benzene rings is 1. The Kier molecular flexibility index (Phi) is 4.21. The van der Waals surface area contributed by atoms with Crippen LogP contribution in [0, 0.1) is 0 Å². The van der Waals surface area contributed by atoms with E-state index in [9.17, 15) is 8.78 Å². The maximum absolute atomic E-state index is 14.5. The molecule has 0 aromatic heterocycles. The number of nitrogens with two attached hydrogens (primary N) is 1. The van der Waals surface area contributed by atoms with Crippen molar-refractivity contribution in [1.82, 2.24) is 5.31 Å². The molecule has 0 saturated carbocycles. The number of rotatable bonds is 5. The van der Waals surface area contributed by atoms with E-state index in [0.717, 1.165) is 0 Å². The van der Waals surface area contributed by atoms with Crippen LogP contribution in [-0.4, -0.2) is 20.2 Å². The van der Waals surface area contributed by atoms with Gasteiger partial charge >= 0.3 is 0 Å². The van der Waals surface area contributed by atoms with Gasteiger partial charge in [0.1, 0.15) is 0 Å². The lowest BCUT2D eigenvalue weighted by Crippen LogP contribution is -2.45. The first-order valence-electron chi connectivity index (χ1n) is 7.55. The topological polar surface area (TPSA) is 38.0 Å². The number of nitrogens with one attached hydrogen (secondary N) is 1. The number of halogens is 2. The van der Waals surface area contributed by atoms with Gasteiger partial charge in [0.05, 0.1) is 19.9 Å². The van der Waals surface area contributed by atoms with Gasteiger partial charge < -0.3 is 11.0 Å². The largest absolute Gasteiger partial charge is 0.365 e. The second-order valence-electron chi connectivity index (χ2n) is 6.01. The highest BCUT2D eigenvalue weighted by atomic mass is 28.3. The van der Waals surface area contributed by atoms with Gasteiger partial charge in [0.25, 0.3) is 5.92 Å². The Morgan fingerprint density at radius 2 is 2.00 bits per heavy atom. The minimum absolute atomic E-state index is 0.261. The van der Waals surface area contributed by atoms with E-state index in [1.54, 1.807) is 0 Å². The molecule has 0 saturated heterocycles. The summed E-state index contributed by atoms with van der Waals surface area (Å²) in [5, 5.41) is 1.87. The third-order valence-corrected chi connectivity index (χ3v) is 7.24. The smallest absolute Gasteiger partial charge is 0.287 e. The van der Waals surface area contributed by atoms with Crippen LogP contribution in [0.25, 0.3) is 0 Å². The van der Waals surface area contributed by atoms with Crippen molar-refractivity contribution in [2.75, 3.05) is 0 Å². The second kappa shape index (κ2) is 6.11. The van der Waals surface area contributed by atoms with Crippen LogP contribution in [0.4, 0.5) is 8.78 Å². The van der Waals surface area contributed by atoms with Crippen molar-refractivity contribution < 1.29 is 10.2 Å². The highest BCUT2D eigenvalue weighted by molar-refractivity contribution is 6.89. The molecule has 0 bridgehead atoms. The Morgan fingerprint density at radius 1 is 1.33 bits per heavy atom. The summed E-state index contributed by atoms with van der Waals surface area (Å²) < 4.78 is 36.7. The highest BCUT2D eigenvalue weighted by Crippen LogP contribution is 2.31. The molecule has 21 heavy (non-hydrogen) atoms. The molecule has 2 nitrogen and oxygen atoms in total. The molecule has 0 amide bonds. The molecule has 5 heteroatoms. The summed E-state index contributed by atoms with van der Waals surface area (Å²) in [5.41, 5.74) is 5.31. The van der Waals surface area contributed by atoms with Crippen molar-refractivity contribution in [2.45, 2.75) is 37.6 Å². The molecule has 1 aliphatic heterocycles. The van der Waals surface area contributed by atoms with Crippen LogP contribution in [0.15, 0.2) is 54.3 Å². The third kappa shape index (κ3) is 4.01. The van der Waals surface area contributed by atoms with E-state index in [2.05, 4.69) is 13.1 Å². The van der Waals surface area contributed by atoms with E-state index in [-0.39, 0.29) is 12.1 Å². The standard InChI is InChI=1S/C16H22F2N2Si/c1-21(2,13-7-4-3-5-8-13)12-11-16(17,18)14-9-6-10-15(19)20-14/h3-10,15,20H,11-12,19H2,1-2H3/i/hD. The molecule has 0 radical (unpaired) electrons. The number of dihydropyridines is 1. The average Bonchev–Trinajstić information content (AvgIpc) is 2.49. The molecule has 1 unspecified atom stereocenters. The fourth-order valence-corrected chi connectivity index (χ4v) is 4.68. The van der Waals surface area contributed by atoms with Crippen molar-refractivity contribution in [3.8, 4) is 0 Å². The quantitative estimate of drug-likeness (QED) is 0.821. The van der Waals surface area contributed by atoms with Crippen LogP contribution in [0.5, 0.6) is 0 Å². The molecule has 2 rings (SSSR count). The lowest BCUT2D eigenvalue weighted by Gasteiger charge is -2.29. The van der Waals surface area contributed by atoms with Crippen molar-refractivity contribution >= 4 is 13.3 Å². The molecule has 0 spiro atoms. The van der Waals surface area contributed by atoms with Gasteiger partial charge in [-0.2, -0.15) is 8.78 Å². The van der Waals surface area contributed by atoms with E-state index >= 15 is 0 Å². The van der Waals surface area contributed by atoms with Crippen LogP contribution in [0.1, 0.15) is 6.42 Å². The van der Waals surface area contributed by atoms with Gasteiger partial charge in [-0.15, -0.1) is 0 Å². The molecule has 1 atom stereocenters. The van der Waals surface area contributed by atoms with E-state index < -0.39 is 20.2 Å². The molecule has 1 aliphatic rings. The second-order valence-corrected chi connectivity index (χ2v) is 10.9. The predicted octanol–water partition coefficient (Wildman–Crippen LogP) is 2.96. The summed E-state index contributed by atoms with van der Waals surface area (Å²) >= 11 is 0. The van der Waals surface area contributed by atoms with Gasteiger partial charge in [0.2, 0.25) is 0 Å². The molecule has 0 aliphatic carbocycles. The number of allylic oxidation sites excluding steroid dienone is 3. The highest BCUT2D eigenvalue weighted by Gasteiger charge is 2.38. The summed E-state index contributed by atoms with van der Waals surface area (Å²) in [4.78, 5) is 0. The lowest BCUT2D eigenvalue weighted by atomic mass is 10.1. The van der Waals surface area contributed by atoms with Crippen LogP contribution >= 0.6 is 0 Å². The third-order valence-electron chi connectivity index (χ3n) is 3.84. The first-order valence-corrected chi connectivity index (χ1v) is 10.3. The van der Waals surface area contributed by atoms with Gasteiger partial charge in [-0.3, -0.25) is 0 Å². The summed E-state index contributed by atoms with van der Waals surface area (Å²) in [7, 11) is -1.93. The van der Waals surface area contributed by atoms with Crippen LogP contribution in [0.2, 0.25) is 20.5 Å². The first-order chi connectivity index (χ1) is 10.2. The Hall–Kier alpha value is -1.46. The molecule has 1 aromatic rings. The number of hydrogen-bond acceptors (Lipinski definition) is 2. The van der Waals surface area contributed by atoms with E-state index in [0.29, 0.717) is 11.4 Å². The maximum atomic E-state index is 14.5. The molecule has 1 aromatic carbocycles. The molecule has 0 fully saturated rings. The van der Waals surface area contributed by atoms with Gasteiger partial charge in [0, 0.05) is 6.42 Å². The summed E-state index contributed by atoms with van der Waals surface area (Å²) in [6.45, 7) is 4.19. The van der Waals surface area contributed by atoms with Gasteiger partial charge in [-0.25, -0.2) is 0 Å². The summed E-state index contributed by atoms with van der Waals surface area (Å²) in [5.74, 6) is -3.04.